The number of carbonyl (C=O) groups is 1. The number of hydrogen-bond acceptors (Lipinski definition) is 7. The predicted molar refractivity (Wildman–Crippen MR) is 107 cm³/mol. The molecule has 0 aliphatic rings. The Hall–Kier alpha value is -3.00. The number of nitrogens with zero attached hydrogens (tertiary/aromatic N) is 3. The second-order valence-electron chi connectivity index (χ2n) is 7.51. The van der Waals surface area contributed by atoms with Crippen molar-refractivity contribution in [3.05, 3.63) is 46.8 Å². The van der Waals surface area contributed by atoms with Gasteiger partial charge in [0.25, 0.3) is 0 Å². The van der Waals surface area contributed by atoms with Gasteiger partial charge in [0.15, 0.2) is 5.58 Å². The maximum Gasteiger partial charge on any atom is 0.248 e. The van der Waals surface area contributed by atoms with Gasteiger partial charge in [0.2, 0.25) is 23.6 Å². The molecule has 0 fully saturated rings. The van der Waals surface area contributed by atoms with E-state index in [1.54, 1.807) is 17.4 Å². The van der Waals surface area contributed by atoms with Gasteiger partial charge in [0, 0.05) is 34.9 Å². The maximum atomic E-state index is 12.3. The minimum atomic E-state index is -0.172. The summed E-state index contributed by atoms with van der Waals surface area (Å²) in [5.41, 5.74) is 2.82. The summed E-state index contributed by atoms with van der Waals surface area (Å²) in [6.45, 7) is 6.13. The summed E-state index contributed by atoms with van der Waals surface area (Å²) < 4.78 is 11.4. The third-order valence-corrected chi connectivity index (χ3v) is 4.80. The number of carbonyl (C=O) groups excluding carboxylic acids is 1. The number of oxazole rings is 1. The molecule has 4 aromatic rings. The second-order valence-corrected chi connectivity index (χ2v) is 8.29. The van der Waals surface area contributed by atoms with E-state index in [1.807, 2.05) is 49.7 Å². The summed E-state index contributed by atoms with van der Waals surface area (Å²) in [6.07, 6.45) is 0.624. The molecule has 3 heterocycles. The van der Waals surface area contributed by atoms with Gasteiger partial charge in [-0.15, -0.1) is 10.2 Å². The van der Waals surface area contributed by atoms with Crippen LogP contribution >= 0.6 is 11.3 Å². The van der Waals surface area contributed by atoms with Gasteiger partial charge in [0.05, 0.1) is 0 Å². The van der Waals surface area contributed by atoms with E-state index in [2.05, 4.69) is 20.5 Å². The molecular formula is C20H20N4O3S. The molecule has 1 aromatic carbocycles. The Morgan fingerprint density at radius 1 is 1.18 bits per heavy atom. The highest BCUT2D eigenvalue weighted by atomic mass is 32.1. The van der Waals surface area contributed by atoms with Crippen LogP contribution < -0.4 is 5.32 Å². The van der Waals surface area contributed by atoms with Crippen molar-refractivity contribution in [3.63, 3.8) is 0 Å². The van der Waals surface area contributed by atoms with Crippen molar-refractivity contribution in [2.24, 2.45) is 0 Å². The summed E-state index contributed by atoms with van der Waals surface area (Å²) in [7, 11) is 0. The van der Waals surface area contributed by atoms with Crippen LogP contribution in [0, 0.1) is 0 Å². The molecule has 0 aliphatic heterocycles. The van der Waals surface area contributed by atoms with Crippen LogP contribution in [-0.2, 0) is 16.6 Å². The molecule has 0 saturated heterocycles. The maximum absolute atomic E-state index is 12.3. The Labute approximate surface area is 165 Å². The summed E-state index contributed by atoms with van der Waals surface area (Å²) >= 11 is 1.56. The van der Waals surface area contributed by atoms with E-state index in [9.17, 15) is 4.79 Å². The normalized spacial score (nSPS) is 11.8. The Bertz CT molecular complexity index is 1110. The van der Waals surface area contributed by atoms with E-state index in [-0.39, 0.29) is 17.7 Å². The number of hydrogen-bond donors (Lipinski definition) is 1. The summed E-state index contributed by atoms with van der Waals surface area (Å²) in [5, 5.41) is 14.8. The highest BCUT2D eigenvalue weighted by Crippen LogP contribution is 2.27. The molecule has 0 spiro atoms. The minimum absolute atomic E-state index is 0.130. The third kappa shape index (κ3) is 3.96. The third-order valence-electron chi connectivity index (χ3n) is 4.11. The van der Waals surface area contributed by atoms with Crippen molar-refractivity contribution in [1.82, 2.24) is 15.2 Å². The summed E-state index contributed by atoms with van der Waals surface area (Å²) in [4.78, 5) is 16.8. The first-order valence-corrected chi connectivity index (χ1v) is 9.89. The standard InChI is InChI=1S/C20H20N4O3S/c1-20(2,3)19-22-14-10-13(4-5-15(14)26-19)21-16(25)6-7-17-23-24-18(27-17)12-8-9-28-11-12/h4-5,8-11H,6-7H2,1-3H3,(H,21,25). The first-order valence-electron chi connectivity index (χ1n) is 8.94. The molecule has 4 rings (SSSR count). The summed E-state index contributed by atoms with van der Waals surface area (Å²) in [5.74, 6) is 1.46. The second kappa shape index (κ2) is 7.20. The van der Waals surface area contributed by atoms with Crippen molar-refractivity contribution in [3.8, 4) is 11.5 Å². The molecule has 8 heteroatoms. The fraction of sp³-hybridized carbons (Fsp3) is 0.300. The smallest absolute Gasteiger partial charge is 0.248 e. The molecular weight excluding hydrogens is 376 g/mol. The van der Waals surface area contributed by atoms with E-state index in [1.165, 1.54) is 0 Å². The number of benzene rings is 1. The molecule has 1 amide bonds. The number of aryl methyl sites for hydroxylation is 1. The molecule has 0 radical (unpaired) electrons. The van der Waals surface area contributed by atoms with Gasteiger partial charge in [0.1, 0.15) is 5.52 Å². The first-order chi connectivity index (χ1) is 13.4. The Morgan fingerprint density at radius 2 is 2.04 bits per heavy atom. The Balaban J connectivity index is 1.38. The van der Waals surface area contributed by atoms with E-state index >= 15 is 0 Å². The van der Waals surface area contributed by atoms with Gasteiger partial charge in [-0.1, -0.05) is 20.8 Å². The van der Waals surface area contributed by atoms with Crippen molar-refractivity contribution in [2.45, 2.75) is 39.0 Å². The Kier molecular flexibility index (Phi) is 4.72. The van der Waals surface area contributed by atoms with Crippen LogP contribution in [0.1, 0.15) is 39.0 Å². The lowest BCUT2D eigenvalue weighted by molar-refractivity contribution is -0.116. The fourth-order valence-electron chi connectivity index (χ4n) is 2.63. The van der Waals surface area contributed by atoms with Gasteiger partial charge in [-0.05, 0) is 29.6 Å². The lowest BCUT2D eigenvalue weighted by Crippen LogP contribution is -2.12. The molecule has 0 bridgehead atoms. The minimum Gasteiger partial charge on any atom is -0.440 e. The van der Waals surface area contributed by atoms with E-state index in [4.69, 9.17) is 8.83 Å². The molecule has 144 valence electrons. The van der Waals surface area contributed by atoms with Crippen LogP contribution in [0.15, 0.2) is 43.9 Å². The van der Waals surface area contributed by atoms with Crippen LogP contribution in [0.4, 0.5) is 5.69 Å². The number of thiophene rings is 1. The highest BCUT2D eigenvalue weighted by Gasteiger charge is 2.21. The van der Waals surface area contributed by atoms with Crippen molar-refractivity contribution < 1.29 is 13.6 Å². The van der Waals surface area contributed by atoms with Gasteiger partial charge in [-0.2, -0.15) is 11.3 Å². The number of anilines is 1. The number of fused-ring (bicyclic) bond motifs is 1. The molecule has 0 aliphatic carbocycles. The zero-order chi connectivity index (χ0) is 19.7. The largest absolute Gasteiger partial charge is 0.440 e. The summed E-state index contributed by atoms with van der Waals surface area (Å²) in [6, 6.07) is 7.35. The van der Waals surface area contributed by atoms with Crippen LogP contribution in [0.5, 0.6) is 0 Å². The van der Waals surface area contributed by atoms with Crippen LogP contribution in [-0.4, -0.2) is 21.1 Å². The molecule has 3 aromatic heterocycles. The molecule has 1 N–H and O–H groups in total. The lowest BCUT2D eigenvalue weighted by atomic mass is 9.97. The van der Waals surface area contributed by atoms with E-state index in [0.29, 0.717) is 35.4 Å². The van der Waals surface area contributed by atoms with Gasteiger partial charge < -0.3 is 14.2 Å². The Morgan fingerprint density at radius 3 is 2.79 bits per heavy atom. The average molecular weight is 396 g/mol. The van der Waals surface area contributed by atoms with Crippen molar-refractivity contribution >= 4 is 34.0 Å². The number of nitrogens with one attached hydrogen (secondary N) is 1. The molecule has 7 nitrogen and oxygen atoms in total. The predicted octanol–water partition coefficient (Wildman–Crippen LogP) is 4.81. The topological polar surface area (TPSA) is 94.1 Å². The van der Waals surface area contributed by atoms with E-state index < -0.39 is 0 Å². The van der Waals surface area contributed by atoms with E-state index in [0.717, 1.165) is 11.1 Å². The highest BCUT2D eigenvalue weighted by molar-refractivity contribution is 7.08. The molecule has 0 atom stereocenters. The monoisotopic (exact) mass is 396 g/mol. The van der Waals surface area contributed by atoms with Gasteiger partial charge >= 0.3 is 0 Å². The van der Waals surface area contributed by atoms with Crippen LogP contribution in [0.3, 0.4) is 0 Å². The zero-order valence-electron chi connectivity index (χ0n) is 15.9. The van der Waals surface area contributed by atoms with Crippen molar-refractivity contribution in [2.75, 3.05) is 5.32 Å². The SMILES string of the molecule is CC(C)(C)c1nc2cc(NC(=O)CCc3nnc(-c4ccsc4)o3)ccc2o1. The van der Waals surface area contributed by atoms with Gasteiger partial charge in [-0.3, -0.25) is 4.79 Å². The quantitative estimate of drug-likeness (QED) is 0.520. The lowest BCUT2D eigenvalue weighted by Gasteiger charge is -2.11. The van der Waals surface area contributed by atoms with Crippen LogP contribution in [0.25, 0.3) is 22.6 Å². The average Bonchev–Trinajstić information content (AvgIpc) is 3.37. The number of rotatable bonds is 5. The number of amides is 1. The number of aromatic nitrogens is 3. The van der Waals surface area contributed by atoms with Crippen LogP contribution in [0.2, 0.25) is 0 Å². The fourth-order valence-corrected chi connectivity index (χ4v) is 3.26. The zero-order valence-corrected chi connectivity index (χ0v) is 16.7. The first kappa shape index (κ1) is 18.4. The molecule has 28 heavy (non-hydrogen) atoms. The molecule has 0 unspecified atom stereocenters. The molecule has 0 saturated carbocycles. The van der Waals surface area contributed by atoms with Crippen molar-refractivity contribution in [1.29, 1.82) is 0 Å². The van der Waals surface area contributed by atoms with Gasteiger partial charge in [-0.25, -0.2) is 4.98 Å².